The number of aromatic nitrogens is 4. The van der Waals surface area contributed by atoms with Gasteiger partial charge in [-0.3, -0.25) is 4.98 Å². The van der Waals surface area contributed by atoms with Gasteiger partial charge in [-0.05, 0) is 54.8 Å². The predicted octanol–water partition coefficient (Wildman–Crippen LogP) is 8.32. The molecule has 0 aliphatic heterocycles. The first kappa shape index (κ1) is 28.5. The largest absolute Gasteiger partial charge is 0.573 e. The van der Waals surface area contributed by atoms with Crippen LogP contribution in [0.25, 0.3) is 10.9 Å². The fourth-order valence-corrected chi connectivity index (χ4v) is 5.10. The molecule has 0 spiro atoms. The molecule has 2 aromatic heterocycles. The maximum atomic E-state index is 13.8. The van der Waals surface area contributed by atoms with E-state index in [1.165, 1.54) is 36.5 Å². The van der Waals surface area contributed by atoms with Gasteiger partial charge in [0, 0.05) is 17.3 Å². The van der Waals surface area contributed by atoms with Crippen molar-refractivity contribution in [3.8, 4) is 11.8 Å². The maximum absolute atomic E-state index is 13.8. The van der Waals surface area contributed by atoms with Crippen LogP contribution in [0.5, 0.6) is 5.75 Å². The van der Waals surface area contributed by atoms with E-state index < -0.39 is 24.0 Å². The third kappa shape index (κ3) is 6.14. The molecule has 5 aromatic rings. The van der Waals surface area contributed by atoms with Crippen molar-refractivity contribution in [3.05, 3.63) is 99.7 Å². The molecule has 8 nitrogen and oxygen atoms in total. The summed E-state index contributed by atoms with van der Waals surface area (Å²) in [4.78, 5) is 4.30. The van der Waals surface area contributed by atoms with E-state index in [4.69, 9.17) is 23.2 Å². The Morgan fingerprint density at radius 3 is 2.53 bits per heavy atom. The molecule has 0 radical (unpaired) electrons. The Balaban J connectivity index is 1.44. The lowest BCUT2D eigenvalue weighted by molar-refractivity contribution is -0.274. The first-order valence-electron chi connectivity index (χ1n) is 12.9. The standard InChI is InChI=1S/C29H19Cl2F4N7O/c30-21-2-1-3-23(28(21)43-29(33,34)35)39-25-16(12-36)13-37-27-20(25)10-18(11-22(27)31)38-26(15-4-6-17(32)7-5-15)24-14-42(41-40-24)19-8-9-19/h1-7,10-11,13-14,19,26,38H,8-9H2,(H,37,39). The van der Waals surface area contributed by atoms with Crippen molar-refractivity contribution in [3.63, 3.8) is 0 Å². The fourth-order valence-electron chi connectivity index (χ4n) is 4.61. The summed E-state index contributed by atoms with van der Waals surface area (Å²) < 4.78 is 59.3. The Kier molecular flexibility index (Phi) is 7.45. The normalized spacial score (nSPS) is 13.9. The molecule has 2 heterocycles. The number of benzene rings is 3. The summed E-state index contributed by atoms with van der Waals surface area (Å²) in [5.74, 6) is -1.07. The minimum absolute atomic E-state index is 0.0288. The zero-order valence-electron chi connectivity index (χ0n) is 21.8. The van der Waals surface area contributed by atoms with Crippen molar-refractivity contribution in [1.82, 2.24) is 20.0 Å². The molecule has 2 N–H and O–H groups in total. The summed E-state index contributed by atoms with van der Waals surface area (Å²) in [6.45, 7) is 0. The monoisotopic (exact) mass is 627 g/mol. The number of anilines is 3. The summed E-state index contributed by atoms with van der Waals surface area (Å²) in [6.07, 6.45) is 0.0754. The van der Waals surface area contributed by atoms with Crippen molar-refractivity contribution in [2.45, 2.75) is 31.3 Å². The molecule has 3 aromatic carbocycles. The minimum atomic E-state index is -5.02. The van der Waals surface area contributed by atoms with Crippen LogP contribution in [-0.4, -0.2) is 26.3 Å². The molecule has 1 fully saturated rings. The van der Waals surface area contributed by atoms with Gasteiger partial charge in [-0.15, -0.1) is 18.3 Å². The van der Waals surface area contributed by atoms with Crippen molar-refractivity contribution in [2.75, 3.05) is 10.6 Å². The molecular formula is C29H19Cl2F4N7O. The Morgan fingerprint density at radius 1 is 1.07 bits per heavy atom. The van der Waals surface area contributed by atoms with E-state index >= 15 is 0 Å². The van der Waals surface area contributed by atoms with E-state index in [-0.39, 0.29) is 38.5 Å². The van der Waals surface area contributed by atoms with Crippen LogP contribution in [0.2, 0.25) is 10.0 Å². The zero-order chi connectivity index (χ0) is 30.3. The number of fused-ring (bicyclic) bond motifs is 1. The third-order valence-electron chi connectivity index (χ3n) is 6.75. The Bertz CT molecular complexity index is 1870. The van der Waals surface area contributed by atoms with Gasteiger partial charge in [0.25, 0.3) is 0 Å². The van der Waals surface area contributed by atoms with Gasteiger partial charge in [0.15, 0.2) is 5.75 Å². The van der Waals surface area contributed by atoms with Crippen LogP contribution >= 0.6 is 23.2 Å². The second kappa shape index (κ2) is 11.2. The molecule has 1 aliphatic carbocycles. The SMILES string of the molecule is N#Cc1cnc2c(Cl)cc(NC(c3ccc(F)cc3)c3cn(C4CC4)nn3)cc2c1Nc1cccc(Cl)c1OC(F)(F)F. The average Bonchev–Trinajstić information content (AvgIpc) is 3.70. The summed E-state index contributed by atoms with van der Waals surface area (Å²) in [7, 11) is 0. The number of nitrogens with one attached hydrogen (secondary N) is 2. The molecule has 218 valence electrons. The van der Waals surface area contributed by atoms with Crippen LogP contribution in [0.15, 0.2) is 67.0 Å². The fraction of sp³-hybridized carbons (Fsp3) is 0.172. The summed E-state index contributed by atoms with van der Waals surface area (Å²) in [5.41, 5.74) is 2.04. The van der Waals surface area contributed by atoms with E-state index in [0.29, 0.717) is 22.3 Å². The molecule has 1 atom stereocenters. The van der Waals surface area contributed by atoms with Gasteiger partial charge in [-0.25, -0.2) is 9.07 Å². The Morgan fingerprint density at radius 2 is 1.84 bits per heavy atom. The minimum Gasteiger partial charge on any atom is -0.402 e. The molecular weight excluding hydrogens is 609 g/mol. The molecule has 43 heavy (non-hydrogen) atoms. The van der Waals surface area contributed by atoms with Gasteiger partial charge in [0.05, 0.1) is 50.8 Å². The second-order valence-electron chi connectivity index (χ2n) is 9.79. The summed E-state index contributed by atoms with van der Waals surface area (Å²) in [5, 5.41) is 24.9. The average molecular weight is 628 g/mol. The number of nitriles is 1. The van der Waals surface area contributed by atoms with Crippen molar-refractivity contribution >= 4 is 51.2 Å². The number of nitrogens with zero attached hydrogens (tertiary/aromatic N) is 5. The van der Waals surface area contributed by atoms with Gasteiger partial charge in [-0.1, -0.05) is 46.6 Å². The highest BCUT2D eigenvalue weighted by molar-refractivity contribution is 6.36. The summed E-state index contributed by atoms with van der Waals surface area (Å²) >= 11 is 12.7. The van der Waals surface area contributed by atoms with E-state index in [9.17, 15) is 22.8 Å². The van der Waals surface area contributed by atoms with E-state index in [1.807, 2.05) is 12.3 Å². The smallest absolute Gasteiger partial charge is 0.402 e. The van der Waals surface area contributed by atoms with Crippen molar-refractivity contribution < 1.29 is 22.3 Å². The van der Waals surface area contributed by atoms with Crippen molar-refractivity contribution in [1.29, 1.82) is 5.26 Å². The van der Waals surface area contributed by atoms with Crippen LogP contribution in [0.1, 0.15) is 41.7 Å². The van der Waals surface area contributed by atoms with Crippen molar-refractivity contribution in [2.24, 2.45) is 0 Å². The van der Waals surface area contributed by atoms with Crippen LogP contribution in [0, 0.1) is 17.1 Å². The van der Waals surface area contributed by atoms with Gasteiger partial charge in [0.1, 0.15) is 17.6 Å². The topological polar surface area (TPSA) is 101 Å². The third-order valence-corrected chi connectivity index (χ3v) is 7.33. The van der Waals surface area contributed by atoms with E-state index in [0.717, 1.165) is 12.8 Å². The predicted molar refractivity (Wildman–Crippen MR) is 153 cm³/mol. The van der Waals surface area contributed by atoms with Crippen LogP contribution in [0.4, 0.5) is 34.6 Å². The number of alkyl halides is 3. The number of halogens is 6. The molecule has 0 saturated heterocycles. The second-order valence-corrected chi connectivity index (χ2v) is 10.6. The molecule has 0 amide bonds. The number of pyridine rings is 1. The number of ether oxygens (including phenoxy) is 1. The Labute approximate surface area is 251 Å². The lowest BCUT2D eigenvalue weighted by atomic mass is 10.0. The number of hydrogen-bond acceptors (Lipinski definition) is 7. The summed E-state index contributed by atoms with van der Waals surface area (Å²) in [6, 6.07) is 14.9. The first-order chi connectivity index (χ1) is 20.6. The van der Waals surface area contributed by atoms with Gasteiger partial charge >= 0.3 is 6.36 Å². The van der Waals surface area contributed by atoms with Crippen LogP contribution < -0.4 is 15.4 Å². The molecule has 1 aliphatic rings. The van der Waals surface area contributed by atoms with Gasteiger partial charge in [0.2, 0.25) is 0 Å². The Hall–Kier alpha value is -4.60. The van der Waals surface area contributed by atoms with E-state index in [1.54, 1.807) is 28.9 Å². The highest BCUT2D eigenvalue weighted by Crippen LogP contribution is 2.42. The molecule has 1 unspecified atom stereocenters. The lowest BCUT2D eigenvalue weighted by Gasteiger charge is -2.20. The lowest BCUT2D eigenvalue weighted by Crippen LogP contribution is -2.18. The maximum Gasteiger partial charge on any atom is 0.573 e. The molecule has 6 rings (SSSR count). The first-order valence-corrected chi connectivity index (χ1v) is 13.6. The number of rotatable bonds is 8. The van der Waals surface area contributed by atoms with Gasteiger partial charge in [-0.2, -0.15) is 5.26 Å². The number of hydrogen-bond donors (Lipinski definition) is 2. The van der Waals surface area contributed by atoms with Gasteiger partial charge < -0.3 is 15.4 Å². The molecule has 1 saturated carbocycles. The quantitative estimate of drug-likeness (QED) is 0.167. The van der Waals surface area contributed by atoms with Crippen LogP contribution in [-0.2, 0) is 0 Å². The zero-order valence-corrected chi connectivity index (χ0v) is 23.3. The van der Waals surface area contributed by atoms with E-state index in [2.05, 4.69) is 30.7 Å². The molecule has 0 bridgehead atoms. The highest BCUT2D eigenvalue weighted by Gasteiger charge is 2.33. The van der Waals surface area contributed by atoms with Crippen LogP contribution in [0.3, 0.4) is 0 Å². The molecule has 14 heteroatoms. The number of para-hydroxylation sites is 1. The highest BCUT2D eigenvalue weighted by atomic mass is 35.5.